The molecule has 0 N–H and O–H groups in total. The molecule has 8 heteroatoms. The predicted molar refractivity (Wildman–Crippen MR) is 146 cm³/mol. The summed E-state index contributed by atoms with van der Waals surface area (Å²) in [5.41, 5.74) is 2.77. The van der Waals surface area contributed by atoms with Crippen LogP contribution in [0.25, 0.3) is 0 Å². The minimum absolute atomic E-state index is 0.228. The lowest BCUT2D eigenvalue weighted by atomic mass is 9.76. The van der Waals surface area contributed by atoms with E-state index in [1.165, 1.54) is 0 Å². The highest BCUT2D eigenvalue weighted by Crippen LogP contribution is 2.48. The third-order valence-corrected chi connectivity index (χ3v) is 7.54. The molecule has 0 saturated carbocycles. The van der Waals surface area contributed by atoms with Crippen molar-refractivity contribution in [3.05, 3.63) is 96.1 Å². The molecule has 0 fully saturated rings. The number of aromatic nitrogens is 2. The van der Waals surface area contributed by atoms with E-state index in [9.17, 15) is 0 Å². The summed E-state index contributed by atoms with van der Waals surface area (Å²) in [7, 11) is 1.74. The van der Waals surface area contributed by atoms with Crippen LogP contribution in [0, 0.1) is 0 Å². The summed E-state index contributed by atoms with van der Waals surface area (Å²) in [6.07, 6.45) is 8.59. The van der Waals surface area contributed by atoms with Crippen LogP contribution in [0.5, 0.6) is 28.7 Å². The zero-order valence-corrected chi connectivity index (χ0v) is 22.3. The van der Waals surface area contributed by atoms with E-state index in [1.54, 1.807) is 7.11 Å². The fraction of sp³-hybridized carbons (Fsp3) is 0.323. The van der Waals surface area contributed by atoms with Crippen LogP contribution >= 0.6 is 0 Å². The van der Waals surface area contributed by atoms with E-state index in [-0.39, 0.29) is 13.6 Å². The van der Waals surface area contributed by atoms with Gasteiger partial charge in [0.1, 0.15) is 5.75 Å². The number of nitrogens with zero attached hydrogens (tertiary/aromatic N) is 3. The maximum Gasteiger partial charge on any atom is 0.231 e. The Labute approximate surface area is 228 Å². The Kier molecular flexibility index (Phi) is 7.02. The second kappa shape index (κ2) is 10.9. The molecular formula is C31H33N3O5. The summed E-state index contributed by atoms with van der Waals surface area (Å²) >= 11 is 0. The van der Waals surface area contributed by atoms with Gasteiger partial charge < -0.3 is 28.3 Å². The molecule has 1 unspecified atom stereocenters. The first-order valence-electron chi connectivity index (χ1n) is 13.3. The Morgan fingerprint density at radius 1 is 0.923 bits per heavy atom. The van der Waals surface area contributed by atoms with Gasteiger partial charge in [0.15, 0.2) is 23.0 Å². The van der Waals surface area contributed by atoms with Gasteiger partial charge in [-0.2, -0.15) is 0 Å². The number of para-hydroxylation sites is 1. The SMILES string of the molecule is CCCCC(c1ccc2c(c1)OCO2)(c1ccccc1OC)N(Cc1ccc2c(c1)OCO2)Cn1ccnc1. The molecule has 3 aromatic carbocycles. The number of unbranched alkanes of at least 4 members (excludes halogenated alkanes) is 1. The Morgan fingerprint density at radius 3 is 2.41 bits per heavy atom. The van der Waals surface area contributed by atoms with Gasteiger partial charge in [0.2, 0.25) is 13.6 Å². The van der Waals surface area contributed by atoms with Crippen LogP contribution in [0.2, 0.25) is 0 Å². The highest BCUT2D eigenvalue weighted by molar-refractivity contribution is 5.53. The molecule has 0 aliphatic carbocycles. The molecule has 6 rings (SSSR count). The fourth-order valence-corrected chi connectivity index (χ4v) is 5.65. The van der Waals surface area contributed by atoms with Crippen LogP contribution in [0.15, 0.2) is 79.4 Å². The van der Waals surface area contributed by atoms with E-state index in [0.717, 1.165) is 64.7 Å². The number of methoxy groups -OCH3 is 1. The minimum atomic E-state index is -0.565. The second-order valence-electron chi connectivity index (χ2n) is 9.84. The fourth-order valence-electron chi connectivity index (χ4n) is 5.65. The lowest BCUT2D eigenvalue weighted by Gasteiger charge is -2.46. The van der Waals surface area contributed by atoms with E-state index < -0.39 is 5.54 Å². The van der Waals surface area contributed by atoms with Crippen molar-refractivity contribution in [3.8, 4) is 28.7 Å². The molecule has 1 aromatic heterocycles. The monoisotopic (exact) mass is 527 g/mol. The van der Waals surface area contributed by atoms with Crippen LogP contribution in [-0.4, -0.2) is 35.1 Å². The highest BCUT2D eigenvalue weighted by atomic mass is 16.7. The smallest absolute Gasteiger partial charge is 0.231 e. The van der Waals surface area contributed by atoms with Crippen LogP contribution in [0.4, 0.5) is 0 Å². The van der Waals surface area contributed by atoms with Crippen molar-refractivity contribution in [3.63, 3.8) is 0 Å². The number of hydrogen-bond donors (Lipinski definition) is 0. The summed E-state index contributed by atoms with van der Waals surface area (Å²) in [5, 5.41) is 0. The molecule has 202 valence electrons. The van der Waals surface area contributed by atoms with Crippen molar-refractivity contribution < 1.29 is 23.7 Å². The molecule has 4 aromatic rings. The van der Waals surface area contributed by atoms with Crippen LogP contribution in [0.3, 0.4) is 0 Å². The summed E-state index contributed by atoms with van der Waals surface area (Å²) in [6, 6.07) is 20.8. The number of fused-ring (bicyclic) bond motifs is 2. The van der Waals surface area contributed by atoms with Gasteiger partial charge >= 0.3 is 0 Å². The van der Waals surface area contributed by atoms with Gasteiger partial charge in [-0.25, -0.2) is 4.98 Å². The molecule has 2 aliphatic rings. The Balaban J connectivity index is 1.56. The van der Waals surface area contributed by atoms with Crippen LogP contribution in [0.1, 0.15) is 42.9 Å². The van der Waals surface area contributed by atoms with E-state index in [0.29, 0.717) is 13.2 Å². The van der Waals surface area contributed by atoms with E-state index in [2.05, 4.69) is 57.8 Å². The molecule has 0 spiro atoms. The topological polar surface area (TPSA) is 67.2 Å². The summed E-state index contributed by atoms with van der Waals surface area (Å²) in [5.74, 6) is 3.91. The number of rotatable bonds is 11. The van der Waals surface area contributed by atoms with Crippen molar-refractivity contribution in [2.45, 2.75) is 44.9 Å². The Morgan fingerprint density at radius 2 is 1.67 bits per heavy atom. The zero-order valence-electron chi connectivity index (χ0n) is 22.3. The van der Waals surface area contributed by atoms with Gasteiger partial charge in [0.05, 0.1) is 25.6 Å². The lowest BCUT2D eigenvalue weighted by molar-refractivity contribution is 0.0629. The van der Waals surface area contributed by atoms with E-state index in [1.807, 2.05) is 43.0 Å². The summed E-state index contributed by atoms with van der Waals surface area (Å²) < 4.78 is 31.0. The summed E-state index contributed by atoms with van der Waals surface area (Å²) in [4.78, 5) is 6.84. The molecule has 0 amide bonds. The predicted octanol–water partition coefficient (Wildman–Crippen LogP) is 5.94. The molecule has 8 nitrogen and oxygen atoms in total. The van der Waals surface area contributed by atoms with Gasteiger partial charge in [-0.1, -0.05) is 50.1 Å². The number of hydrogen-bond acceptors (Lipinski definition) is 7. The molecule has 3 heterocycles. The van der Waals surface area contributed by atoms with Gasteiger partial charge in [-0.05, 0) is 47.9 Å². The molecule has 39 heavy (non-hydrogen) atoms. The summed E-state index contributed by atoms with van der Waals surface area (Å²) in [6.45, 7) is 3.95. The van der Waals surface area contributed by atoms with Crippen molar-refractivity contribution >= 4 is 0 Å². The number of imidazole rings is 1. The largest absolute Gasteiger partial charge is 0.496 e. The Bertz CT molecular complexity index is 1420. The van der Waals surface area contributed by atoms with Crippen molar-refractivity contribution in [1.29, 1.82) is 0 Å². The first kappa shape index (κ1) is 25.1. The second-order valence-corrected chi connectivity index (χ2v) is 9.84. The first-order chi connectivity index (χ1) is 19.2. The number of benzene rings is 3. The van der Waals surface area contributed by atoms with Crippen LogP contribution in [-0.2, 0) is 18.8 Å². The van der Waals surface area contributed by atoms with E-state index in [4.69, 9.17) is 23.7 Å². The van der Waals surface area contributed by atoms with Crippen molar-refractivity contribution in [1.82, 2.24) is 14.5 Å². The van der Waals surface area contributed by atoms with Gasteiger partial charge in [0.25, 0.3) is 0 Å². The molecule has 0 saturated heterocycles. The average molecular weight is 528 g/mol. The maximum absolute atomic E-state index is 6.00. The normalized spacial score (nSPS) is 14.9. The van der Waals surface area contributed by atoms with Crippen LogP contribution < -0.4 is 23.7 Å². The van der Waals surface area contributed by atoms with Gasteiger partial charge in [0, 0.05) is 24.5 Å². The molecule has 0 bridgehead atoms. The molecule has 2 aliphatic heterocycles. The third-order valence-electron chi connectivity index (χ3n) is 7.54. The Hall–Kier alpha value is -4.17. The third kappa shape index (κ3) is 4.76. The highest BCUT2D eigenvalue weighted by Gasteiger charge is 2.43. The van der Waals surface area contributed by atoms with Gasteiger partial charge in [-0.15, -0.1) is 0 Å². The maximum atomic E-state index is 6.00. The molecule has 1 atom stereocenters. The standard InChI is InChI=1S/C31H33N3O5/c1-3-4-13-31(25-7-5-6-8-26(25)35-2,24-10-12-28-30(17-24)39-22-37-28)34(20-33-15-14-32-19-33)18-23-9-11-27-29(16-23)38-21-36-27/h5-12,14-17,19H,3-4,13,18,20-22H2,1-2H3. The zero-order chi connectivity index (χ0) is 26.7. The quantitative estimate of drug-likeness (QED) is 0.239. The average Bonchev–Trinajstić information content (AvgIpc) is 3.75. The van der Waals surface area contributed by atoms with E-state index >= 15 is 0 Å². The van der Waals surface area contributed by atoms with Crippen molar-refractivity contribution in [2.75, 3.05) is 20.7 Å². The number of ether oxygens (including phenoxy) is 5. The minimum Gasteiger partial charge on any atom is -0.496 e. The lowest BCUT2D eigenvalue weighted by Crippen LogP contribution is -2.47. The molecular weight excluding hydrogens is 494 g/mol. The molecule has 0 radical (unpaired) electrons. The first-order valence-corrected chi connectivity index (χ1v) is 13.3. The van der Waals surface area contributed by atoms with Crippen molar-refractivity contribution in [2.24, 2.45) is 0 Å². The van der Waals surface area contributed by atoms with Gasteiger partial charge in [-0.3, -0.25) is 4.90 Å².